The van der Waals surface area contributed by atoms with Crippen LogP contribution in [0.3, 0.4) is 0 Å². The number of nitrogens with zero attached hydrogens (tertiary/aromatic N) is 2. The topological polar surface area (TPSA) is 42.1 Å². The van der Waals surface area contributed by atoms with Crippen LogP contribution < -0.4 is 10.6 Å². The van der Waals surface area contributed by atoms with Gasteiger partial charge in [-0.2, -0.15) is 0 Å². The van der Waals surface area contributed by atoms with Gasteiger partial charge in [0.05, 0.1) is 11.2 Å². The number of aromatic nitrogens is 1. The van der Waals surface area contributed by atoms with Crippen molar-refractivity contribution in [1.29, 1.82) is 0 Å². The van der Waals surface area contributed by atoms with Crippen LogP contribution in [0.5, 0.6) is 0 Å². The first-order chi connectivity index (χ1) is 9.29. The highest BCUT2D eigenvalue weighted by molar-refractivity contribution is 5.98. The number of piperidine rings is 1. The van der Waals surface area contributed by atoms with E-state index in [0.717, 1.165) is 30.2 Å². The van der Waals surface area contributed by atoms with Gasteiger partial charge in [-0.3, -0.25) is 4.98 Å². The smallest absolute Gasteiger partial charge is 0.0951 e. The average molecular weight is 255 g/mol. The van der Waals surface area contributed by atoms with E-state index in [0.29, 0.717) is 0 Å². The van der Waals surface area contributed by atoms with Gasteiger partial charge in [0.2, 0.25) is 0 Å². The molecule has 1 fully saturated rings. The van der Waals surface area contributed by atoms with Crippen LogP contribution in [0, 0.1) is 5.92 Å². The number of hydrogen-bond acceptors (Lipinski definition) is 3. The Morgan fingerprint density at radius 1 is 1.26 bits per heavy atom. The van der Waals surface area contributed by atoms with E-state index < -0.39 is 0 Å². The molecule has 3 rings (SSSR count). The molecule has 0 aliphatic carbocycles. The molecule has 1 aromatic carbocycles. The average Bonchev–Trinajstić information content (AvgIpc) is 2.48. The van der Waals surface area contributed by atoms with E-state index in [1.807, 2.05) is 18.3 Å². The SMILES string of the molecule is CCC1CCN(c2ccc(N)c3ncccc23)CC1. The minimum atomic E-state index is 0.766. The fourth-order valence-corrected chi connectivity index (χ4v) is 3.04. The second kappa shape index (κ2) is 5.08. The molecule has 1 saturated heterocycles. The number of rotatable bonds is 2. The molecule has 0 unspecified atom stereocenters. The Hall–Kier alpha value is -1.77. The highest BCUT2D eigenvalue weighted by Crippen LogP contribution is 2.32. The standard InChI is InChI=1S/C16H21N3/c1-2-12-7-10-19(11-8-12)15-6-5-14(17)16-13(15)4-3-9-18-16/h3-6,9,12H,2,7-8,10-11,17H2,1H3. The molecular formula is C16H21N3. The van der Waals surface area contributed by atoms with Gasteiger partial charge in [0, 0.05) is 30.4 Å². The van der Waals surface area contributed by atoms with Crippen LogP contribution in [0.25, 0.3) is 10.9 Å². The molecule has 3 nitrogen and oxygen atoms in total. The predicted octanol–water partition coefficient (Wildman–Crippen LogP) is 3.44. The van der Waals surface area contributed by atoms with E-state index in [2.05, 4.69) is 28.9 Å². The maximum atomic E-state index is 6.02. The Labute approximate surface area is 114 Å². The monoisotopic (exact) mass is 255 g/mol. The van der Waals surface area contributed by atoms with Gasteiger partial charge in [-0.1, -0.05) is 13.3 Å². The molecule has 2 N–H and O–H groups in total. The fourth-order valence-electron chi connectivity index (χ4n) is 3.04. The summed E-state index contributed by atoms with van der Waals surface area (Å²) in [5, 5.41) is 1.18. The summed E-state index contributed by atoms with van der Waals surface area (Å²) in [6, 6.07) is 8.24. The van der Waals surface area contributed by atoms with Crippen molar-refractivity contribution >= 4 is 22.3 Å². The van der Waals surface area contributed by atoms with Crippen molar-refractivity contribution in [2.24, 2.45) is 5.92 Å². The molecule has 0 amide bonds. The van der Waals surface area contributed by atoms with Crippen LogP contribution in [-0.2, 0) is 0 Å². The van der Waals surface area contributed by atoms with Gasteiger partial charge in [-0.15, -0.1) is 0 Å². The van der Waals surface area contributed by atoms with E-state index >= 15 is 0 Å². The molecule has 19 heavy (non-hydrogen) atoms. The van der Waals surface area contributed by atoms with Gasteiger partial charge < -0.3 is 10.6 Å². The van der Waals surface area contributed by atoms with Crippen molar-refractivity contribution in [3.63, 3.8) is 0 Å². The van der Waals surface area contributed by atoms with Crippen molar-refractivity contribution in [3.8, 4) is 0 Å². The number of hydrogen-bond donors (Lipinski definition) is 1. The lowest BCUT2D eigenvalue weighted by atomic mass is 9.94. The van der Waals surface area contributed by atoms with Gasteiger partial charge >= 0.3 is 0 Å². The van der Waals surface area contributed by atoms with E-state index in [1.165, 1.54) is 30.3 Å². The largest absolute Gasteiger partial charge is 0.397 e. The summed E-state index contributed by atoms with van der Waals surface area (Å²) in [4.78, 5) is 6.90. The van der Waals surface area contributed by atoms with Crippen LogP contribution in [0.2, 0.25) is 0 Å². The summed E-state index contributed by atoms with van der Waals surface area (Å²) in [5.41, 5.74) is 9.00. The molecule has 1 aromatic heterocycles. The molecule has 0 bridgehead atoms. The summed E-state index contributed by atoms with van der Waals surface area (Å²) < 4.78 is 0. The van der Waals surface area contributed by atoms with Crippen molar-refractivity contribution < 1.29 is 0 Å². The number of pyridine rings is 1. The minimum absolute atomic E-state index is 0.766. The Bertz CT molecular complexity index is 571. The van der Waals surface area contributed by atoms with Crippen LogP contribution in [-0.4, -0.2) is 18.1 Å². The molecule has 3 heteroatoms. The van der Waals surface area contributed by atoms with Gasteiger partial charge in [0.1, 0.15) is 0 Å². The Kier molecular flexibility index (Phi) is 3.28. The zero-order chi connectivity index (χ0) is 13.2. The molecular weight excluding hydrogens is 234 g/mol. The van der Waals surface area contributed by atoms with E-state index in [1.54, 1.807) is 0 Å². The van der Waals surface area contributed by atoms with Gasteiger partial charge in [-0.25, -0.2) is 0 Å². The summed E-state index contributed by atoms with van der Waals surface area (Å²) in [7, 11) is 0. The van der Waals surface area contributed by atoms with E-state index in [9.17, 15) is 0 Å². The zero-order valence-corrected chi connectivity index (χ0v) is 11.5. The molecule has 0 radical (unpaired) electrons. The Balaban J connectivity index is 1.95. The second-order valence-corrected chi connectivity index (χ2v) is 5.41. The number of benzene rings is 1. The third-order valence-corrected chi connectivity index (χ3v) is 4.31. The molecule has 0 saturated carbocycles. The van der Waals surface area contributed by atoms with Crippen molar-refractivity contribution in [2.45, 2.75) is 26.2 Å². The van der Waals surface area contributed by atoms with Gasteiger partial charge in [-0.05, 0) is 43.0 Å². The highest BCUT2D eigenvalue weighted by atomic mass is 15.1. The van der Waals surface area contributed by atoms with Crippen LogP contribution in [0.15, 0.2) is 30.5 Å². The van der Waals surface area contributed by atoms with Crippen molar-refractivity contribution in [3.05, 3.63) is 30.5 Å². The molecule has 1 aliphatic rings. The molecule has 100 valence electrons. The first kappa shape index (κ1) is 12.3. The molecule has 2 heterocycles. The molecule has 0 spiro atoms. The van der Waals surface area contributed by atoms with E-state index in [-0.39, 0.29) is 0 Å². The fraction of sp³-hybridized carbons (Fsp3) is 0.438. The highest BCUT2D eigenvalue weighted by Gasteiger charge is 2.19. The normalized spacial score (nSPS) is 17.0. The molecule has 2 aromatic rings. The zero-order valence-electron chi connectivity index (χ0n) is 11.5. The summed E-state index contributed by atoms with van der Waals surface area (Å²) in [6.45, 7) is 4.59. The lowest BCUT2D eigenvalue weighted by molar-refractivity contribution is 0.395. The molecule has 0 atom stereocenters. The molecule has 1 aliphatic heterocycles. The minimum Gasteiger partial charge on any atom is -0.397 e. The number of nitrogen functional groups attached to an aromatic ring is 1. The van der Waals surface area contributed by atoms with Gasteiger partial charge in [0.15, 0.2) is 0 Å². The maximum Gasteiger partial charge on any atom is 0.0951 e. The number of nitrogens with two attached hydrogens (primary N) is 1. The Morgan fingerprint density at radius 2 is 2.05 bits per heavy atom. The third kappa shape index (κ3) is 2.25. The lowest BCUT2D eigenvalue weighted by Crippen LogP contribution is -2.33. The lowest BCUT2D eigenvalue weighted by Gasteiger charge is -2.34. The number of anilines is 2. The van der Waals surface area contributed by atoms with Crippen LogP contribution >= 0.6 is 0 Å². The quantitative estimate of drug-likeness (QED) is 0.836. The second-order valence-electron chi connectivity index (χ2n) is 5.41. The van der Waals surface area contributed by atoms with Gasteiger partial charge in [0.25, 0.3) is 0 Å². The van der Waals surface area contributed by atoms with E-state index in [4.69, 9.17) is 5.73 Å². The van der Waals surface area contributed by atoms with Crippen molar-refractivity contribution in [1.82, 2.24) is 4.98 Å². The summed E-state index contributed by atoms with van der Waals surface area (Å²) >= 11 is 0. The first-order valence-corrected chi connectivity index (χ1v) is 7.17. The summed E-state index contributed by atoms with van der Waals surface area (Å²) in [6.07, 6.45) is 5.70. The van der Waals surface area contributed by atoms with Crippen LogP contribution in [0.4, 0.5) is 11.4 Å². The first-order valence-electron chi connectivity index (χ1n) is 7.17. The number of fused-ring (bicyclic) bond motifs is 1. The maximum absolute atomic E-state index is 6.02. The predicted molar refractivity (Wildman–Crippen MR) is 81.4 cm³/mol. The Morgan fingerprint density at radius 3 is 2.79 bits per heavy atom. The summed E-state index contributed by atoms with van der Waals surface area (Å²) in [5.74, 6) is 0.898. The van der Waals surface area contributed by atoms with Crippen molar-refractivity contribution in [2.75, 3.05) is 23.7 Å². The third-order valence-electron chi connectivity index (χ3n) is 4.31. The van der Waals surface area contributed by atoms with Crippen LogP contribution in [0.1, 0.15) is 26.2 Å².